The van der Waals surface area contributed by atoms with Crippen molar-refractivity contribution in [1.82, 2.24) is 10.3 Å². The van der Waals surface area contributed by atoms with Crippen LogP contribution in [0.5, 0.6) is 11.5 Å². The Morgan fingerprint density at radius 2 is 2.08 bits per heavy atom. The smallest absolute Gasteiger partial charge is 0.251 e. The van der Waals surface area contributed by atoms with Crippen LogP contribution in [-0.2, 0) is 17.7 Å². The summed E-state index contributed by atoms with van der Waals surface area (Å²) in [5.41, 5.74) is 2.77. The Morgan fingerprint density at radius 1 is 1.19 bits per heavy atom. The fourth-order valence-corrected chi connectivity index (χ4v) is 2.75. The number of carbonyl (C=O) groups excluding carboxylic acids is 1. The van der Waals surface area contributed by atoms with E-state index in [2.05, 4.69) is 10.3 Å². The number of aromatic nitrogens is 1. The summed E-state index contributed by atoms with van der Waals surface area (Å²) in [6.07, 6.45) is 0.594. The largest absolute Gasteiger partial charge is 0.454 e. The molecule has 3 aromatic rings. The predicted molar refractivity (Wildman–Crippen MR) is 93.3 cm³/mol. The molecule has 2 heterocycles. The number of rotatable bonds is 6. The Morgan fingerprint density at radius 3 is 2.96 bits per heavy atom. The molecule has 2 aromatic carbocycles. The average molecular weight is 354 g/mol. The molecule has 0 unspecified atom stereocenters. The standard InChI is InChI=1S/C19H18N2O5/c1-23-7-6-18-21-14-4-3-13(9-16(14)26-18)19(22)20-10-12-2-5-15-17(8-12)25-11-24-15/h2-5,8-9H,6-7,10-11H2,1H3,(H,20,22). The topological polar surface area (TPSA) is 82.8 Å². The highest BCUT2D eigenvalue weighted by Crippen LogP contribution is 2.32. The van der Waals surface area contributed by atoms with Crippen molar-refractivity contribution in [3.8, 4) is 11.5 Å². The molecule has 1 aliphatic heterocycles. The van der Waals surface area contributed by atoms with E-state index in [-0.39, 0.29) is 12.7 Å². The molecule has 0 bridgehead atoms. The van der Waals surface area contributed by atoms with Crippen LogP contribution in [0.25, 0.3) is 11.1 Å². The first kappa shape index (κ1) is 16.4. The summed E-state index contributed by atoms with van der Waals surface area (Å²) in [6.45, 7) is 1.16. The number of nitrogens with zero attached hydrogens (tertiary/aromatic N) is 1. The molecule has 134 valence electrons. The van der Waals surface area contributed by atoms with E-state index < -0.39 is 0 Å². The highest BCUT2D eigenvalue weighted by atomic mass is 16.7. The Labute approximate surface area is 149 Å². The normalized spacial score (nSPS) is 12.5. The van der Waals surface area contributed by atoms with E-state index in [1.165, 1.54) is 0 Å². The number of fused-ring (bicyclic) bond motifs is 2. The van der Waals surface area contributed by atoms with Crippen LogP contribution in [0.15, 0.2) is 40.8 Å². The van der Waals surface area contributed by atoms with Gasteiger partial charge in [-0.3, -0.25) is 4.79 Å². The number of oxazole rings is 1. The van der Waals surface area contributed by atoms with Crippen LogP contribution in [0.3, 0.4) is 0 Å². The lowest BCUT2D eigenvalue weighted by atomic mass is 10.1. The van der Waals surface area contributed by atoms with Crippen molar-refractivity contribution in [2.24, 2.45) is 0 Å². The summed E-state index contributed by atoms with van der Waals surface area (Å²) in [6, 6.07) is 10.8. The Kier molecular flexibility index (Phi) is 4.45. The van der Waals surface area contributed by atoms with Crippen LogP contribution in [0.1, 0.15) is 21.8 Å². The lowest BCUT2D eigenvalue weighted by molar-refractivity contribution is 0.0951. The molecular weight excluding hydrogens is 336 g/mol. The van der Waals surface area contributed by atoms with Gasteiger partial charge < -0.3 is 23.9 Å². The summed E-state index contributed by atoms with van der Waals surface area (Å²) in [5.74, 6) is 1.84. The van der Waals surface area contributed by atoms with Crippen molar-refractivity contribution in [1.29, 1.82) is 0 Å². The number of hydrogen-bond acceptors (Lipinski definition) is 6. The van der Waals surface area contributed by atoms with Gasteiger partial charge in [0.1, 0.15) is 5.52 Å². The van der Waals surface area contributed by atoms with Crippen LogP contribution < -0.4 is 14.8 Å². The number of hydrogen-bond donors (Lipinski definition) is 1. The van der Waals surface area contributed by atoms with E-state index in [1.54, 1.807) is 25.3 Å². The Bertz CT molecular complexity index is 950. The zero-order chi connectivity index (χ0) is 17.9. The van der Waals surface area contributed by atoms with Gasteiger partial charge in [0.25, 0.3) is 5.91 Å². The van der Waals surface area contributed by atoms with Crippen LogP contribution in [-0.4, -0.2) is 31.4 Å². The van der Waals surface area contributed by atoms with Crippen molar-refractivity contribution < 1.29 is 23.4 Å². The lowest BCUT2D eigenvalue weighted by Crippen LogP contribution is -2.22. The molecule has 0 fully saturated rings. The second kappa shape index (κ2) is 7.05. The molecule has 7 heteroatoms. The summed E-state index contributed by atoms with van der Waals surface area (Å²) >= 11 is 0. The molecule has 0 radical (unpaired) electrons. The molecule has 26 heavy (non-hydrogen) atoms. The monoisotopic (exact) mass is 354 g/mol. The molecule has 1 aliphatic rings. The van der Waals surface area contributed by atoms with Crippen molar-refractivity contribution in [3.05, 3.63) is 53.4 Å². The SMILES string of the molecule is COCCc1nc2ccc(C(=O)NCc3ccc4c(c3)OCO4)cc2o1. The molecule has 0 spiro atoms. The summed E-state index contributed by atoms with van der Waals surface area (Å²) < 4.78 is 21.3. The third-order valence-electron chi connectivity index (χ3n) is 4.11. The maximum absolute atomic E-state index is 12.4. The third-order valence-corrected chi connectivity index (χ3v) is 4.11. The van der Waals surface area contributed by atoms with Crippen molar-refractivity contribution >= 4 is 17.0 Å². The summed E-state index contributed by atoms with van der Waals surface area (Å²) in [5, 5.41) is 2.89. The van der Waals surface area contributed by atoms with Gasteiger partial charge in [0, 0.05) is 25.6 Å². The molecule has 4 rings (SSSR count). The first-order valence-corrected chi connectivity index (χ1v) is 8.28. The van der Waals surface area contributed by atoms with Crippen LogP contribution in [0.4, 0.5) is 0 Å². The first-order valence-electron chi connectivity index (χ1n) is 8.28. The van der Waals surface area contributed by atoms with Gasteiger partial charge in [0.15, 0.2) is 23.0 Å². The quantitative estimate of drug-likeness (QED) is 0.733. The van der Waals surface area contributed by atoms with Crippen molar-refractivity contribution in [2.45, 2.75) is 13.0 Å². The molecule has 0 saturated heterocycles. The van der Waals surface area contributed by atoms with Crippen molar-refractivity contribution in [3.63, 3.8) is 0 Å². The molecule has 7 nitrogen and oxygen atoms in total. The van der Waals surface area contributed by atoms with Gasteiger partial charge in [-0.15, -0.1) is 0 Å². The van der Waals surface area contributed by atoms with Gasteiger partial charge in [-0.1, -0.05) is 6.07 Å². The van der Waals surface area contributed by atoms with Crippen molar-refractivity contribution in [2.75, 3.05) is 20.5 Å². The summed E-state index contributed by atoms with van der Waals surface area (Å²) in [7, 11) is 1.63. The Balaban J connectivity index is 1.44. The number of benzene rings is 2. The maximum atomic E-state index is 12.4. The van der Waals surface area contributed by atoms with Crippen LogP contribution >= 0.6 is 0 Å². The van der Waals surface area contributed by atoms with E-state index in [9.17, 15) is 4.79 Å². The van der Waals surface area contributed by atoms with Gasteiger partial charge >= 0.3 is 0 Å². The lowest BCUT2D eigenvalue weighted by Gasteiger charge is -2.06. The minimum absolute atomic E-state index is 0.181. The maximum Gasteiger partial charge on any atom is 0.251 e. The average Bonchev–Trinajstić information content (AvgIpc) is 3.29. The fourth-order valence-electron chi connectivity index (χ4n) is 2.75. The van der Waals surface area contributed by atoms with E-state index in [1.807, 2.05) is 18.2 Å². The minimum atomic E-state index is -0.181. The van der Waals surface area contributed by atoms with Gasteiger partial charge in [0.2, 0.25) is 6.79 Å². The zero-order valence-corrected chi connectivity index (χ0v) is 14.3. The molecule has 0 atom stereocenters. The van der Waals surface area contributed by atoms with E-state index in [0.717, 1.165) is 16.8 Å². The molecule has 1 amide bonds. The Hall–Kier alpha value is -3.06. The molecular formula is C19H18N2O5. The van der Waals surface area contributed by atoms with E-state index in [0.29, 0.717) is 42.4 Å². The number of amides is 1. The van der Waals surface area contributed by atoms with E-state index >= 15 is 0 Å². The summed E-state index contributed by atoms with van der Waals surface area (Å²) in [4.78, 5) is 16.8. The second-order valence-electron chi connectivity index (χ2n) is 5.90. The number of methoxy groups -OCH3 is 1. The zero-order valence-electron chi connectivity index (χ0n) is 14.3. The van der Waals surface area contributed by atoms with Gasteiger partial charge in [-0.25, -0.2) is 4.98 Å². The molecule has 1 aromatic heterocycles. The van der Waals surface area contributed by atoms with Crippen LogP contribution in [0, 0.1) is 0 Å². The highest BCUT2D eigenvalue weighted by Gasteiger charge is 2.14. The minimum Gasteiger partial charge on any atom is -0.454 e. The molecule has 1 N–H and O–H groups in total. The number of carbonyl (C=O) groups is 1. The van der Waals surface area contributed by atoms with Crippen LogP contribution in [0.2, 0.25) is 0 Å². The highest BCUT2D eigenvalue weighted by molar-refractivity contribution is 5.97. The van der Waals surface area contributed by atoms with E-state index in [4.69, 9.17) is 18.6 Å². The number of nitrogens with one attached hydrogen (secondary N) is 1. The fraction of sp³-hybridized carbons (Fsp3) is 0.263. The first-order chi connectivity index (χ1) is 12.7. The third kappa shape index (κ3) is 3.34. The second-order valence-corrected chi connectivity index (χ2v) is 5.90. The van der Waals surface area contributed by atoms with Gasteiger partial charge in [-0.2, -0.15) is 0 Å². The molecule has 0 saturated carbocycles. The van der Waals surface area contributed by atoms with Gasteiger partial charge in [-0.05, 0) is 35.9 Å². The van der Waals surface area contributed by atoms with Gasteiger partial charge in [0.05, 0.1) is 6.61 Å². The number of ether oxygens (including phenoxy) is 3. The molecule has 0 aliphatic carbocycles. The predicted octanol–water partition coefficient (Wildman–Crippen LogP) is 2.68.